The Morgan fingerprint density at radius 1 is 1.05 bits per heavy atom. The van der Waals surface area contributed by atoms with Crippen LogP contribution in [0.2, 0.25) is 5.02 Å². The van der Waals surface area contributed by atoms with Gasteiger partial charge in [0.1, 0.15) is 17.9 Å². The van der Waals surface area contributed by atoms with Gasteiger partial charge in [0.05, 0.1) is 9.92 Å². The van der Waals surface area contributed by atoms with Crippen LogP contribution in [0.25, 0.3) is 11.1 Å². The quantitative estimate of drug-likeness (QED) is 0.204. The molecule has 2 unspecified atom stereocenters. The number of carbonyl (C=O) groups is 1. The van der Waals surface area contributed by atoms with Crippen LogP contribution < -0.4 is 11.5 Å². The second-order valence-corrected chi connectivity index (χ2v) is 11.9. The van der Waals surface area contributed by atoms with Crippen molar-refractivity contribution in [2.24, 2.45) is 22.0 Å². The van der Waals surface area contributed by atoms with Gasteiger partial charge in [-0.1, -0.05) is 65.3 Å². The summed E-state index contributed by atoms with van der Waals surface area (Å²) in [6, 6.07) is 14.7. The highest BCUT2D eigenvalue weighted by Gasteiger charge is 2.67. The molecule has 1 aliphatic heterocycles. The van der Waals surface area contributed by atoms with Crippen LogP contribution in [0, 0.1) is 10.8 Å². The number of tetrazole rings is 1. The zero-order valence-corrected chi connectivity index (χ0v) is 23.4. The fraction of sp³-hybridized carbons (Fsp3) is 0.154. The average molecular weight is 633 g/mol. The molecule has 1 aromatic heterocycles. The number of primary amides is 1. The molecule has 17 heteroatoms. The number of hydrogen-bond acceptors (Lipinski definition) is 9. The molecule has 4 aromatic rings. The van der Waals surface area contributed by atoms with Crippen molar-refractivity contribution >= 4 is 38.9 Å². The van der Waals surface area contributed by atoms with Crippen LogP contribution in [0.1, 0.15) is 23.6 Å². The Bertz CT molecular complexity index is 1920. The van der Waals surface area contributed by atoms with Crippen LogP contribution in [-0.2, 0) is 25.2 Å². The van der Waals surface area contributed by atoms with Gasteiger partial charge in [-0.2, -0.15) is 17.9 Å². The highest BCUT2D eigenvalue weighted by atomic mass is 35.5. The second-order valence-electron chi connectivity index (χ2n) is 9.55. The van der Waals surface area contributed by atoms with E-state index in [-0.39, 0.29) is 33.3 Å². The molecule has 2 atom stereocenters. The Balaban J connectivity index is 1.72. The first-order valence-electron chi connectivity index (χ1n) is 12.1. The van der Waals surface area contributed by atoms with Crippen LogP contribution in [0.3, 0.4) is 0 Å². The van der Waals surface area contributed by atoms with Crippen LogP contribution >= 0.6 is 11.6 Å². The number of oxime groups is 1. The van der Waals surface area contributed by atoms with Gasteiger partial charge in [0, 0.05) is 22.3 Å². The molecule has 0 fully saturated rings. The minimum Gasteiger partial charge on any atom is -0.384 e. The number of amidine groups is 1. The summed E-state index contributed by atoms with van der Waals surface area (Å²) < 4.78 is 66.1. The van der Waals surface area contributed by atoms with Crippen LogP contribution in [0.15, 0.2) is 83.1 Å². The van der Waals surface area contributed by atoms with Gasteiger partial charge in [0.25, 0.3) is 15.6 Å². The summed E-state index contributed by atoms with van der Waals surface area (Å²) in [4.78, 5) is 18.3. The summed E-state index contributed by atoms with van der Waals surface area (Å²) in [5, 5.41) is 23.0. The molecule has 3 aromatic carbocycles. The molecule has 0 saturated heterocycles. The van der Waals surface area contributed by atoms with E-state index in [1.54, 1.807) is 18.2 Å². The number of amides is 1. The maximum Gasteiger partial charge on any atom is 0.501 e. The Morgan fingerprint density at radius 3 is 2.37 bits per heavy atom. The minimum atomic E-state index is -5.72. The van der Waals surface area contributed by atoms with Crippen LogP contribution in [0.4, 0.5) is 13.2 Å². The molecular formula is C26H20ClF3N8O4S. The first-order valence-corrected chi connectivity index (χ1v) is 14.0. The van der Waals surface area contributed by atoms with E-state index in [1.165, 1.54) is 43.3 Å². The smallest absolute Gasteiger partial charge is 0.384 e. The Labute approximate surface area is 246 Å². The molecule has 0 aliphatic carbocycles. The number of halogens is 4. The number of sulfone groups is 1. The number of hydrogen-bond donors (Lipinski definition) is 3. The van der Waals surface area contributed by atoms with E-state index in [0.29, 0.717) is 11.1 Å². The van der Waals surface area contributed by atoms with E-state index in [1.807, 2.05) is 0 Å². The van der Waals surface area contributed by atoms with Gasteiger partial charge < -0.3 is 16.3 Å². The molecule has 0 bridgehead atoms. The van der Waals surface area contributed by atoms with Crippen molar-refractivity contribution in [3.05, 3.63) is 94.8 Å². The third kappa shape index (κ3) is 4.40. The van der Waals surface area contributed by atoms with Gasteiger partial charge in [0.15, 0.2) is 5.41 Å². The fourth-order valence-electron chi connectivity index (χ4n) is 4.95. The lowest BCUT2D eigenvalue weighted by molar-refractivity contribution is -0.150. The van der Waals surface area contributed by atoms with E-state index in [2.05, 4.69) is 20.7 Å². The molecule has 0 saturated carbocycles. The van der Waals surface area contributed by atoms with Gasteiger partial charge in [-0.05, 0) is 41.1 Å². The molecule has 1 aliphatic rings. The topological polar surface area (TPSA) is 192 Å². The van der Waals surface area contributed by atoms with E-state index < -0.39 is 37.3 Å². The summed E-state index contributed by atoms with van der Waals surface area (Å²) >= 11 is 6.73. The highest BCUT2D eigenvalue weighted by Crippen LogP contribution is 2.53. The Kier molecular flexibility index (Phi) is 7.01. The maximum absolute atomic E-state index is 13.4. The van der Waals surface area contributed by atoms with Crippen molar-refractivity contribution in [3.8, 4) is 11.1 Å². The molecule has 0 spiro atoms. The summed E-state index contributed by atoms with van der Waals surface area (Å²) in [6.45, 7) is 1.42. The first kappa shape index (κ1) is 29.7. The lowest BCUT2D eigenvalue weighted by Gasteiger charge is -2.39. The number of nitrogens with two attached hydrogens (primary N) is 2. The molecule has 222 valence electrons. The molecule has 1 amide bonds. The van der Waals surface area contributed by atoms with Crippen LogP contribution in [0.5, 0.6) is 0 Å². The number of benzene rings is 3. The van der Waals surface area contributed by atoms with E-state index in [4.69, 9.17) is 33.3 Å². The summed E-state index contributed by atoms with van der Waals surface area (Å²) in [5.41, 5.74) is 2.53. The van der Waals surface area contributed by atoms with Gasteiger partial charge in [0.2, 0.25) is 5.91 Å². The first-order chi connectivity index (χ1) is 20.2. The van der Waals surface area contributed by atoms with Crippen molar-refractivity contribution in [1.29, 1.82) is 5.41 Å². The van der Waals surface area contributed by atoms with Crippen molar-refractivity contribution in [1.82, 2.24) is 20.2 Å². The molecule has 0 radical (unpaired) electrons. The van der Waals surface area contributed by atoms with E-state index in [9.17, 15) is 26.4 Å². The van der Waals surface area contributed by atoms with Gasteiger partial charge in [-0.15, -0.1) is 5.10 Å². The fourth-order valence-corrected chi connectivity index (χ4v) is 6.24. The lowest BCUT2D eigenvalue weighted by Crippen LogP contribution is -2.58. The zero-order valence-electron chi connectivity index (χ0n) is 21.9. The summed E-state index contributed by atoms with van der Waals surface area (Å²) in [6.07, 6.45) is 1.13. The molecule has 5 N–H and O–H groups in total. The second kappa shape index (κ2) is 10.2. The van der Waals surface area contributed by atoms with Gasteiger partial charge in [-0.3, -0.25) is 10.2 Å². The largest absolute Gasteiger partial charge is 0.501 e. The van der Waals surface area contributed by atoms with Crippen molar-refractivity contribution in [2.75, 3.05) is 0 Å². The predicted octanol–water partition coefficient (Wildman–Crippen LogP) is 3.20. The Morgan fingerprint density at radius 2 is 1.77 bits per heavy atom. The third-order valence-corrected chi connectivity index (χ3v) is 9.02. The predicted molar refractivity (Wildman–Crippen MR) is 147 cm³/mol. The molecule has 12 nitrogen and oxygen atoms in total. The number of nitrogen functional groups attached to an aromatic ring is 1. The molecule has 2 heterocycles. The van der Waals surface area contributed by atoms with E-state index in [0.717, 1.165) is 23.1 Å². The third-order valence-electron chi connectivity index (χ3n) is 7.16. The standard InChI is InChI=1S/C26H20ClF3N8O4S/c1-24(23(33)39)21(15-5-4-6-16(11-15)22(31)32)35-42-25(24,38-13-34-36-37-38)18-10-9-14(12-19(18)27)17-7-2-3-8-20(17)43(40,41)26(28,29)30/h2-13H,1H3,(H3,31,32)(H2,33,39). The number of rotatable bonds is 7. The molecule has 5 rings (SSSR count). The number of nitrogens with one attached hydrogen (secondary N) is 1. The van der Waals surface area contributed by atoms with Gasteiger partial charge in [-0.25, -0.2) is 8.42 Å². The van der Waals surface area contributed by atoms with Crippen molar-refractivity contribution in [2.45, 2.75) is 23.1 Å². The summed E-state index contributed by atoms with van der Waals surface area (Å²) in [5.74, 6) is -1.20. The molecule has 43 heavy (non-hydrogen) atoms. The monoisotopic (exact) mass is 632 g/mol. The Hall–Kier alpha value is -4.83. The number of carbonyl (C=O) groups excluding carboxylic acids is 1. The van der Waals surface area contributed by atoms with Gasteiger partial charge >= 0.3 is 5.51 Å². The molecular weight excluding hydrogens is 613 g/mol. The zero-order chi connectivity index (χ0) is 31.4. The van der Waals surface area contributed by atoms with E-state index >= 15 is 0 Å². The number of aromatic nitrogens is 4. The number of nitrogens with zero attached hydrogens (tertiary/aromatic N) is 5. The normalized spacial score (nSPS) is 20.3. The maximum atomic E-state index is 13.4. The average Bonchev–Trinajstić information content (AvgIpc) is 3.60. The SMILES string of the molecule is CC1(C(N)=O)C(c2cccc(C(=N)N)c2)=NOC1(c1ccc(-c2ccccc2S(=O)(=O)C(F)(F)F)cc1Cl)n1cnnn1. The van der Waals surface area contributed by atoms with Crippen molar-refractivity contribution in [3.63, 3.8) is 0 Å². The summed E-state index contributed by atoms with van der Waals surface area (Å²) in [7, 11) is -5.72. The van der Waals surface area contributed by atoms with Crippen molar-refractivity contribution < 1.29 is 31.2 Å². The minimum absolute atomic E-state index is 0.0121. The van der Waals surface area contributed by atoms with Crippen LogP contribution in [-0.4, -0.2) is 51.6 Å². The number of alkyl halides is 3. The lowest BCUT2D eigenvalue weighted by atomic mass is 9.69. The highest BCUT2D eigenvalue weighted by molar-refractivity contribution is 7.92.